The average Bonchev–Trinajstić information content (AvgIpc) is 2.88. The van der Waals surface area contributed by atoms with Crippen molar-refractivity contribution in [2.45, 2.75) is 37.0 Å². The van der Waals surface area contributed by atoms with E-state index in [0.717, 1.165) is 0 Å². The van der Waals surface area contributed by atoms with E-state index in [2.05, 4.69) is 43.3 Å². The number of hydrogen-bond acceptors (Lipinski definition) is 3. The molecule has 27 heavy (non-hydrogen) atoms. The zero-order chi connectivity index (χ0) is 19.1. The molecule has 4 heteroatoms. The van der Waals surface area contributed by atoms with Gasteiger partial charge in [0.25, 0.3) is 0 Å². The van der Waals surface area contributed by atoms with Gasteiger partial charge in [-0.2, -0.15) is 0 Å². The molecule has 4 nitrogen and oxygen atoms in total. The quantitative estimate of drug-likeness (QED) is 0.893. The molecule has 6 rings (SSSR count). The number of hydrogen-bond donors (Lipinski definition) is 1. The van der Waals surface area contributed by atoms with Gasteiger partial charge in [0, 0.05) is 26.0 Å². The van der Waals surface area contributed by atoms with Gasteiger partial charge in [-0.25, -0.2) is 0 Å². The molecule has 1 N–H and O–H groups in total. The Hall–Kier alpha value is -2.17. The van der Waals surface area contributed by atoms with Crippen LogP contribution in [0.25, 0.3) is 0 Å². The highest BCUT2D eigenvalue weighted by Crippen LogP contribution is 2.67. The highest BCUT2D eigenvalue weighted by molar-refractivity contribution is 5.88. The van der Waals surface area contributed by atoms with Gasteiger partial charge in [0.15, 0.2) is 0 Å². The van der Waals surface area contributed by atoms with E-state index < -0.39 is 11.1 Å². The summed E-state index contributed by atoms with van der Waals surface area (Å²) in [5.41, 5.74) is 2.96. The Morgan fingerprint density at radius 3 is 2.11 bits per heavy atom. The number of rotatable bonds is 2. The van der Waals surface area contributed by atoms with Crippen molar-refractivity contribution in [3.8, 4) is 0 Å². The van der Waals surface area contributed by atoms with Crippen LogP contribution in [0.2, 0.25) is 0 Å². The molecule has 3 aliphatic carbocycles. The first-order valence-electron chi connectivity index (χ1n) is 9.60. The minimum atomic E-state index is -1.20. The second-order valence-corrected chi connectivity index (χ2v) is 8.39. The Balaban J connectivity index is 1.95. The fourth-order valence-corrected chi connectivity index (χ4v) is 6.31. The first kappa shape index (κ1) is 17.0. The van der Waals surface area contributed by atoms with Crippen molar-refractivity contribution >= 4 is 5.91 Å². The number of nitrogens with zero attached hydrogens (tertiary/aromatic N) is 1. The lowest BCUT2D eigenvalue weighted by atomic mass is 9.45. The zero-order valence-corrected chi connectivity index (χ0v) is 16.1. The molecule has 0 radical (unpaired) electrons. The minimum absolute atomic E-state index is 0.00256. The molecule has 140 valence electrons. The summed E-state index contributed by atoms with van der Waals surface area (Å²) in [6.45, 7) is 3.84. The van der Waals surface area contributed by atoms with Crippen molar-refractivity contribution in [3.05, 3.63) is 70.8 Å². The molecule has 2 aromatic carbocycles. The number of carbonyl (C=O) groups excluding carboxylic acids is 1. The van der Waals surface area contributed by atoms with Crippen molar-refractivity contribution in [2.24, 2.45) is 11.8 Å². The summed E-state index contributed by atoms with van der Waals surface area (Å²) in [6, 6.07) is 16.8. The van der Waals surface area contributed by atoms with Crippen LogP contribution in [0.4, 0.5) is 0 Å². The van der Waals surface area contributed by atoms with Crippen molar-refractivity contribution in [3.63, 3.8) is 0 Å². The molecule has 0 aromatic heterocycles. The smallest absolute Gasteiger partial charge is 0.229 e. The number of benzene rings is 2. The Bertz CT molecular complexity index is 903. The number of carbonyl (C=O) groups is 1. The Morgan fingerprint density at radius 2 is 1.59 bits per heavy atom. The lowest BCUT2D eigenvalue weighted by molar-refractivity contribution is -0.142. The maximum Gasteiger partial charge on any atom is 0.229 e. The largest absolute Gasteiger partial charge is 0.380 e. The molecule has 1 aliphatic heterocycles. The van der Waals surface area contributed by atoms with Gasteiger partial charge >= 0.3 is 0 Å². The Labute approximate surface area is 159 Å². The average molecular weight is 363 g/mol. The van der Waals surface area contributed by atoms with Crippen molar-refractivity contribution < 1.29 is 14.6 Å². The molecule has 2 bridgehead atoms. The van der Waals surface area contributed by atoms with Crippen LogP contribution in [-0.4, -0.2) is 41.9 Å². The maximum absolute atomic E-state index is 13.5. The molecular formula is C23H25NO3. The molecule has 1 saturated heterocycles. The summed E-state index contributed by atoms with van der Waals surface area (Å²) < 4.78 is 5.93. The van der Waals surface area contributed by atoms with Gasteiger partial charge in [-0.3, -0.25) is 4.79 Å². The molecule has 1 heterocycles. The molecule has 0 spiro atoms. The van der Waals surface area contributed by atoms with E-state index in [0.29, 0.717) is 0 Å². The van der Waals surface area contributed by atoms with Gasteiger partial charge in [0.1, 0.15) is 5.72 Å². The first-order valence-corrected chi connectivity index (χ1v) is 9.60. The predicted octanol–water partition coefficient (Wildman–Crippen LogP) is 2.88. The van der Waals surface area contributed by atoms with Gasteiger partial charge in [-0.15, -0.1) is 0 Å². The van der Waals surface area contributed by atoms with Crippen LogP contribution in [0, 0.1) is 11.8 Å². The summed E-state index contributed by atoms with van der Waals surface area (Å²) in [7, 11) is 3.43. The van der Waals surface area contributed by atoms with E-state index in [9.17, 15) is 9.90 Å². The van der Waals surface area contributed by atoms with E-state index in [1.54, 1.807) is 26.0 Å². The van der Waals surface area contributed by atoms with Gasteiger partial charge in [0.2, 0.25) is 5.91 Å². The third kappa shape index (κ3) is 1.70. The van der Waals surface area contributed by atoms with Crippen molar-refractivity contribution in [1.29, 1.82) is 0 Å². The van der Waals surface area contributed by atoms with E-state index in [4.69, 9.17) is 4.74 Å². The summed E-state index contributed by atoms with van der Waals surface area (Å²) in [4.78, 5) is 15.0. The van der Waals surface area contributed by atoms with Crippen LogP contribution in [0.5, 0.6) is 0 Å². The van der Waals surface area contributed by atoms with Crippen LogP contribution in [0.1, 0.15) is 42.0 Å². The lowest BCUT2D eigenvalue weighted by Crippen LogP contribution is -2.60. The van der Waals surface area contributed by atoms with Crippen LogP contribution >= 0.6 is 0 Å². The second kappa shape index (κ2) is 5.21. The predicted molar refractivity (Wildman–Crippen MR) is 102 cm³/mol. The molecule has 1 fully saturated rings. The molecular weight excluding hydrogens is 338 g/mol. The van der Waals surface area contributed by atoms with E-state index in [1.165, 1.54) is 22.3 Å². The third-order valence-corrected chi connectivity index (χ3v) is 7.59. The minimum Gasteiger partial charge on any atom is -0.380 e. The fourth-order valence-electron chi connectivity index (χ4n) is 6.31. The summed E-state index contributed by atoms with van der Waals surface area (Å²) in [5, 5.41) is 11.4. The van der Waals surface area contributed by atoms with Crippen LogP contribution in [0.15, 0.2) is 48.5 Å². The second-order valence-electron chi connectivity index (χ2n) is 8.39. The van der Waals surface area contributed by atoms with Gasteiger partial charge in [0.05, 0.1) is 17.4 Å². The highest BCUT2D eigenvalue weighted by Gasteiger charge is 2.71. The third-order valence-electron chi connectivity index (χ3n) is 7.59. The van der Waals surface area contributed by atoms with Gasteiger partial charge in [-0.1, -0.05) is 48.5 Å². The summed E-state index contributed by atoms with van der Waals surface area (Å²) in [5.74, 6) is -0.556. The summed E-state index contributed by atoms with van der Waals surface area (Å²) >= 11 is 0. The first-order chi connectivity index (χ1) is 12.9. The van der Waals surface area contributed by atoms with Crippen molar-refractivity contribution in [1.82, 2.24) is 4.90 Å². The zero-order valence-electron chi connectivity index (χ0n) is 16.1. The standard InChI is InChI=1S/C23H25NO3/c1-13(27-4)23-16-11-7-5-9-14(16)18(15-10-6-8-12-17(15)23)19-20(23)21(25)24(3)22(19,2)26/h5-13,18-20,26H,1-4H3/t13?,18?,19-,20+,22-,23?/m0/s1. The topological polar surface area (TPSA) is 49.8 Å². The number of aliphatic hydroxyl groups is 1. The number of ether oxygens (including phenoxy) is 1. The van der Waals surface area contributed by atoms with E-state index in [-0.39, 0.29) is 29.8 Å². The monoisotopic (exact) mass is 363 g/mol. The molecule has 0 saturated carbocycles. The molecule has 4 aliphatic rings. The molecule has 2 aromatic rings. The van der Waals surface area contributed by atoms with Crippen LogP contribution in [-0.2, 0) is 14.9 Å². The number of amides is 1. The van der Waals surface area contributed by atoms with Crippen molar-refractivity contribution in [2.75, 3.05) is 14.2 Å². The Kier molecular flexibility index (Phi) is 3.27. The summed E-state index contributed by atoms with van der Waals surface area (Å²) in [6.07, 6.45) is -0.209. The fraction of sp³-hybridized carbons (Fsp3) is 0.435. The van der Waals surface area contributed by atoms with Gasteiger partial charge < -0.3 is 14.7 Å². The lowest BCUT2D eigenvalue weighted by Gasteiger charge is -2.58. The highest BCUT2D eigenvalue weighted by atomic mass is 16.5. The normalized spacial score (nSPS) is 37.0. The number of methoxy groups -OCH3 is 1. The van der Waals surface area contributed by atoms with E-state index in [1.807, 2.05) is 12.1 Å². The van der Waals surface area contributed by atoms with Gasteiger partial charge in [-0.05, 0) is 36.1 Å². The SMILES string of the molecule is COC(C)C12c3ccccc3C(c3ccccc31)[C@H]1[C@@H]2C(=O)N(C)[C@@]1(C)O. The molecule has 1 amide bonds. The number of likely N-dealkylation sites (tertiary alicyclic amines) is 1. The van der Waals surface area contributed by atoms with Crippen LogP contribution < -0.4 is 0 Å². The van der Waals surface area contributed by atoms with Crippen LogP contribution in [0.3, 0.4) is 0 Å². The van der Waals surface area contributed by atoms with E-state index >= 15 is 0 Å². The molecule has 1 unspecified atom stereocenters. The molecule has 4 atom stereocenters. The maximum atomic E-state index is 13.5. The Morgan fingerprint density at radius 1 is 1.07 bits per heavy atom.